The van der Waals surface area contributed by atoms with Crippen LogP contribution in [0.2, 0.25) is 0 Å². The van der Waals surface area contributed by atoms with Gasteiger partial charge in [0, 0.05) is 36.6 Å². The fraction of sp³-hybridized carbons (Fsp3) is 0.400. The van der Waals surface area contributed by atoms with E-state index >= 15 is 0 Å². The number of rotatable bonds is 5. The Kier molecular flexibility index (Phi) is 5.71. The Morgan fingerprint density at radius 2 is 2.12 bits per heavy atom. The fourth-order valence-corrected chi connectivity index (χ4v) is 3.99. The van der Waals surface area contributed by atoms with Crippen LogP contribution in [0.25, 0.3) is 0 Å². The lowest BCUT2D eigenvalue weighted by molar-refractivity contribution is -0.0573. The second-order valence-corrected chi connectivity index (χ2v) is 7.49. The maximum Gasteiger partial charge on any atom is 0.304 e. The maximum absolute atomic E-state index is 14.9. The normalized spacial score (nSPS) is 24.2. The first-order valence-electron chi connectivity index (χ1n) is 9.69. The zero-order valence-corrected chi connectivity index (χ0v) is 16.7. The average molecular weight is 453 g/mol. The van der Waals surface area contributed by atoms with Gasteiger partial charge in [-0.25, -0.2) is 18.7 Å². The van der Waals surface area contributed by atoms with Crippen molar-refractivity contribution in [2.45, 2.75) is 24.3 Å². The summed E-state index contributed by atoms with van der Waals surface area (Å²) in [7, 11) is 0. The minimum atomic E-state index is -3.31. The number of hydrogen-bond acceptors (Lipinski definition) is 7. The Morgan fingerprint density at radius 1 is 1.31 bits per heavy atom. The monoisotopic (exact) mass is 453 g/mol. The molecule has 2 atom stereocenters. The molecule has 32 heavy (non-hydrogen) atoms. The number of amides is 1. The van der Waals surface area contributed by atoms with Crippen molar-refractivity contribution in [2.24, 2.45) is 16.6 Å². The summed E-state index contributed by atoms with van der Waals surface area (Å²) in [6, 6.07) is 3.79. The molecule has 1 saturated heterocycles. The van der Waals surface area contributed by atoms with E-state index in [1.165, 1.54) is 12.1 Å². The zero-order chi connectivity index (χ0) is 22.9. The Hall–Kier alpha value is -3.28. The Bertz CT molecular complexity index is 1050. The molecule has 2 aromatic rings. The van der Waals surface area contributed by atoms with Gasteiger partial charge in [0.25, 0.3) is 5.91 Å². The van der Waals surface area contributed by atoms with Crippen molar-refractivity contribution in [3.8, 4) is 5.88 Å². The number of carbonyl (C=O) groups is 1. The highest BCUT2D eigenvalue weighted by atomic mass is 19.3. The van der Waals surface area contributed by atoms with Crippen LogP contribution >= 0.6 is 0 Å². The van der Waals surface area contributed by atoms with Crippen LogP contribution in [0.15, 0.2) is 35.6 Å². The predicted molar refractivity (Wildman–Crippen MR) is 105 cm³/mol. The van der Waals surface area contributed by atoms with E-state index < -0.39 is 48.2 Å². The van der Waals surface area contributed by atoms with Gasteiger partial charge in [0.05, 0.1) is 24.5 Å². The van der Waals surface area contributed by atoms with Crippen LogP contribution in [0.3, 0.4) is 0 Å². The second kappa shape index (κ2) is 8.34. The number of alkyl halides is 3. The molecule has 8 nitrogen and oxygen atoms in total. The summed E-state index contributed by atoms with van der Waals surface area (Å²) in [6.45, 7) is -0.922. The molecule has 3 N–H and O–H groups in total. The Labute approximate surface area is 179 Å². The van der Waals surface area contributed by atoms with Crippen molar-refractivity contribution in [1.82, 2.24) is 9.97 Å². The van der Waals surface area contributed by atoms with Gasteiger partial charge in [-0.15, -0.1) is 0 Å². The van der Waals surface area contributed by atoms with Gasteiger partial charge >= 0.3 is 5.92 Å². The maximum atomic E-state index is 14.9. The van der Waals surface area contributed by atoms with Crippen molar-refractivity contribution >= 4 is 17.4 Å². The van der Waals surface area contributed by atoms with Gasteiger partial charge in [0.15, 0.2) is 5.84 Å². The SMILES string of the molecule is NC1=N[C@@]2(c3cc(NC(=O)c4cnc(OCF)cn4)ccc3F)CCOC[C@H]2CC1(F)F. The molecule has 170 valence electrons. The van der Waals surface area contributed by atoms with E-state index in [4.69, 9.17) is 10.5 Å². The number of carbonyl (C=O) groups excluding carboxylic acids is 1. The van der Waals surface area contributed by atoms with Gasteiger partial charge in [-0.05, 0) is 18.2 Å². The van der Waals surface area contributed by atoms with Crippen molar-refractivity contribution in [1.29, 1.82) is 0 Å². The van der Waals surface area contributed by atoms with Crippen LogP contribution < -0.4 is 15.8 Å². The number of aliphatic imine (C=N–C) groups is 1. The zero-order valence-electron chi connectivity index (χ0n) is 16.7. The third-order valence-corrected chi connectivity index (χ3v) is 5.57. The third kappa shape index (κ3) is 3.97. The number of aromatic nitrogens is 2. The smallest absolute Gasteiger partial charge is 0.304 e. The molecular weight excluding hydrogens is 434 g/mol. The number of nitrogens with zero attached hydrogens (tertiary/aromatic N) is 3. The molecule has 1 amide bonds. The predicted octanol–water partition coefficient (Wildman–Crippen LogP) is 2.80. The molecule has 0 bridgehead atoms. The number of ether oxygens (including phenoxy) is 2. The molecule has 1 aromatic carbocycles. The first-order chi connectivity index (χ1) is 15.2. The average Bonchev–Trinajstić information content (AvgIpc) is 2.76. The highest BCUT2D eigenvalue weighted by molar-refractivity contribution is 6.02. The summed E-state index contributed by atoms with van der Waals surface area (Å²) in [6.07, 6.45) is 1.70. The number of nitrogens with two attached hydrogens (primary N) is 1. The van der Waals surface area contributed by atoms with Gasteiger partial charge in [-0.2, -0.15) is 8.78 Å². The molecule has 0 radical (unpaired) electrons. The highest BCUT2D eigenvalue weighted by Gasteiger charge is 2.54. The van der Waals surface area contributed by atoms with Crippen LogP contribution in [0, 0.1) is 11.7 Å². The summed E-state index contributed by atoms with van der Waals surface area (Å²) >= 11 is 0. The lowest BCUT2D eigenvalue weighted by Gasteiger charge is -2.46. The number of halogens is 4. The topological polar surface area (TPSA) is 112 Å². The first kappa shape index (κ1) is 21.9. The molecule has 3 heterocycles. The van der Waals surface area contributed by atoms with Gasteiger partial charge in [-0.1, -0.05) is 0 Å². The number of benzene rings is 1. The summed E-state index contributed by atoms with van der Waals surface area (Å²) in [4.78, 5) is 24.1. The van der Waals surface area contributed by atoms with Crippen LogP contribution in [0.1, 0.15) is 28.9 Å². The minimum absolute atomic E-state index is 0.0225. The van der Waals surface area contributed by atoms with E-state index in [1.807, 2.05) is 0 Å². The van der Waals surface area contributed by atoms with Gasteiger partial charge in [0.2, 0.25) is 12.7 Å². The van der Waals surface area contributed by atoms with Gasteiger partial charge < -0.3 is 20.5 Å². The van der Waals surface area contributed by atoms with Crippen molar-refractivity contribution < 1.29 is 31.8 Å². The lowest BCUT2D eigenvalue weighted by atomic mass is 9.70. The Morgan fingerprint density at radius 3 is 2.84 bits per heavy atom. The van der Waals surface area contributed by atoms with Crippen molar-refractivity contribution in [3.63, 3.8) is 0 Å². The molecule has 2 aliphatic heterocycles. The van der Waals surface area contributed by atoms with Crippen molar-refractivity contribution in [3.05, 3.63) is 47.7 Å². The van der Waals surface area contributed by atoms with E-state index in [0.29, 0.717) is 0 Å². The molecule has 1 aromatic heterocycles. The first-order valence-corrected chi connectivity index (χ1v) is 9.69. The molecule has 2 aliphatic rings. The van der Waals surface area contributed by atoms with Crippen LogP contribution in [0.5, 0.6) is 5.88 Å². The van der Waals surface area contributed by atoms with E-state index in [1.54, 1.807) is 0 Å². The van der Waals surface area contributed by atoms with Crippen LogP contribution in [-0.2, 0) is 10.3 Å². The number of hydrogen-bond donors (Lipinski definition) is 2. The van der Waals surface area contributed by atoms with E-state index in [0.717, 1.165) is 18.5 Å². The molecule has 12 heteroatoms. The quantitative estimate of drug-likeness (QED) is 0.674. The molecule has 0 saturated carbocycles. The number of nitrogens with one attached hydrogen (secondary N) is 1. The van der Waals surface area contributed by atoms with E-state index in [2.05, 4.69) is 25.0 Å². The number of amidine groups is 1. The van der Waals surface area contributed by atoms with Gasteiger partial charge in [-0.3, -0.25) is 9.79 Å². The van der Waals surface area contributed by atoms with Crippen LogP contribution in [-0.4, -0.2) is 47.7 Å². The number of anilines is 1. The summed E-state index contributed by atoms with van der Waals surface area (Å²) in [5.41, 5.74) is 4.35. The molecule has 0 aliphatic carbocycles. The third-order valence-electron chi connectivity index (χ3n) is 5.57. The van der Waals surface area contributed by atoms with Crippen molar-refractivity contribution in [2.75, 3.05) is 25.4 Å². The minimum Gasteiger partial charge on any atom is -0.445 e. The second-order valence-electron chi connectivity index (χ2n) is 7.49. The standard InChI is InChI=1S/C20H19F4N5O3/c21-10-32-16-8-26-15(7-27-16)17(30)28-12-1-2-14(22)13(5-12)19-3-4-31-9-11(19)6-20(23,24)18(25)29-19/h1-2,5,7-8,11H,3-4,6,9-10H2,(H2,25,29)(H,28,30)/t11-,19+/m1/s1. The molecule has 4 rings (SSSR count). The highest BCUT2D eigenvalue weighted by Crippen LogP contribution is 2.49. The van der Waals surface area contributed by atoms with Crippen LogP contribution in [0.4, 0.5) is 23.2 Å². The fourth-order valence-electron chi connectivity index (χ4n) is 3.99. The molecular formula is C20H19F4N5O3. The van der Waals surface area contributed by atoms with Gasteiger partial charge in [0.1, 0.15) is 11.5 Å². The van der Waals surface area contributed by atoms with E-state index in [9.17, 15) is 22.4 Å². The molecule has 1 fully saturated rings. The summed E-state index contributed by atoms with van der Waals surface area (Å²) in [5, 5.41) is 2.55. The molecule has 0 spiro atoms. The summed E-state index contributed by atoms with van der Waals surface area (Å²) in [5.74, 6) is -6.38. The number of fused-ring (bicyclic) bond motifs is 1. The summed E-state index contributed by atoms with van der Waals surface area (Å²) < 4.78 is 65.3. The van der Waals surface area contributed by atoms with E-state index in [-0.39, 0.29) is 42.5 Å². The molecule has 0 unspecified atom stereocenters. The Balaban J connectivity index is 1.65. The largest absolute Gasteiger partial charge is 0.445 e. The lowest BCUT2D eigenvalue weighted by Crippen LogP contribution is -2.53.